The lowest BCUT2D eigenvalue weighted by atomic mass is 9.90. The van der Waals surface area contributed by atoms with E-state index < -0.39 is 15.7 Å². The Labute approximate surface area is 188 Å². The number of Topliss-reactive ketones (excluding diaryl/α,β-unsaturated/α-hetero) is 1. The first-order chi connectivity index (χ1) is 14.6. The number of rotatable bonds is 7. The minimum Gasteiger partial charge on any atom is -0.326 e. The van der Waals surface area contributed by atoms with E-state index in [9.17, 15) is 4.79 Å². The van der Waals surface area contributed by atoms with Gasteiger partial charge in [0.2, 0.25) is 5.78 Å². The summed E-state index contributed by atoms with van der Waals surface area (Å²) in [6.45, 7) is 13.6. The van der Waals surface area contributed by atoms with Crippen LogP contribution in [0.15, 0.2) is 82.8 Å². The van der Waals surface area contributed by atoms with Crippen molar-refractivity contribution in [2.45, 2.75) is 62.6 Å². The third-order valence-electron chi connectivity index (χ3n) is 5.20. The summed E-state index contributed by atoms with van der Waals surface area (Å²) in [7, 11) is -1.80. The molecule has 31 heavy (non-hydrogen) atoms. The van der Waals surface area contributed by atoms with Gasteiger partial charge in [-0.15, -0.1) is 0 Å². The Morgan fingerprint density at radius 1 is 0.903 bits per heavy atom. The Kier molecular flexibility index (Phi) is 6.77. The van der Waals surface area contributed by atoms with Gasteiger partial charge in [0, 0.05) is 38.9 Å². The molecule has 5 heteroatoms. The van der Waals surface area contributed by atoms with Gasteiger partial charge in [0.05, 0.1) is 6.61 Å². The van der Waals surface area contributed by atoms with Gasteiger partial charge in [-0.05, 0) is 45.0 Å². The number of hydrogen-bond acceptors (Lipinski definition) is 3. The Bertz CT molecular complexity index is 960. The second-order valence-electron chi connectivity index (χ2n) is 9.64. The highest BCUT2D eigenvalue weighted by atomic mass is 32.3. The van der Waals surface area contributed by atoms with E-state index >= 15 is 0 Å². The highest BCUT2D eigenvalue weighted by Crippen LogP contribution is 2.71. The van der Waals surface area contributed by atoms with Gasteiger partial charge < -0.3 is 8.75 Å². The minimum absolute atomic E-state index is 0.0399. The molecule has 4 nitrogen and oxygen atoms in total. The van der Waals surface area contributed by atoms with E-state index in [2.05, 4.69) is 74.3 Å². The van der Waals surface area contributed by atoms with Crippen molar-refractivity contribution in [3.8, 4) is 0 Å². The fourth-order valence-electron chi connectivity index (χ4n) is 3.68. The highest BCUT2D eigenvalue weighted by Gasteiger charge is 2.41. The number of hydrogen-bond donors (Lipinski definition) is 0. The van der Waals surface area contributed by atoms with Gasteiger partial charge in [0.1, 0.15) is 0 Å². The van der Waals surface area contributed by atoms with Crippen LogP contribution in [0.3, 0.4) is 0 Å². The molecule has 0 spiro atoms. The fraction of sp³-hybridized carbons (Fsp3) is 0.385. The van der Waals surface area contributed by atoms with E-state index in [1.54, 1.807) is 6.20 Å². The van der Waals surface area contributed by atoms with Gasteiger partial charge >= 0.3 is 0 Å². The lowest BCUT2D eigenvalue weighted by Crippen LogP contribution is -2.29. The molecule has 0 N–H and O–H groups in total. The summed E-state index contributed by atoms with van der Waals surface area (Å²) in [5.41, 5.74) is -0.474. The number of ketones is 1. The molecule has 0 radical (unpaired) electrons. The van der Waals surface area contributed by atoms with Gasteiger partial charge in [-0.25, -0.2) is 4.98 Å². The van der Waals surface area contributed by atoms with Crippen LogP contribution in [0.1, 0.15) is 52.2 Å². The number of nitrogens with zero attached hydrogens (tertiary/aromatic N) is 2. The van der Waals surface area contributed by atoms with E-state index in [1.807, 2.05) is 43.7 Å². The van der Waals surface area contributed by atoms with Crippen LogP contribution in [0.5, 0.6) is 0 Å². The molecule has 0 amide bonds. The molecule has 0 aliphatic rings. The molecule has 0 saturated carbocycles. The molecule has 2 aromatic carbocycles. The molecule has 0 aliphatic heterocycles. The molecular weight excluding hydrogens is 404 g/mol. The predicted molar refractivity (Wildman–Crippen MR) is 129 cm³/mol. The van der Waals surface area contributed by atoms with Crippen molar-refractivity contribution in [2.75, 3.05) is 6.61 Å². The molecule has 0 aliphatic carbocycles. The highest BCUT2D eigenvalue weighted by molar-refractivity contribution is 8.31. The third-order valence-corrected chi connectivity index (χ3v) is 9.32. The summed E-state index contributed by atoms with van der Waals surface area (Å²) in [6.07, 6.45) is 3.55. The second kappa shape index (κ2) is 9.01. The summed E-state index contributed by atoms with van der Waals surface area (Å²) in [5, 5.41) is 0. The van der Waals surface area contributed by atoms with Crippen molar-refractivity contribution in [1.29, 1.82) is 0 Å². The molecular formula is C26H34N2O2S. The molecule has 0 atom stereocenters. The van der Waals surface area contributed by atoms with Crippen molar-refractivity contribution in [1.82, 2.24) is 9.55 Å². The first kappa shape index (κ1) is 23.3. The van der Waals surface area contributed by atoms with Crippen molar-refractivity contribution in [3.05, 3.63) is 78.9 Å². The SMILES string of the molecule is CC(C)(C)C(=O)c1nccn1CCOS(c1ccccc1)(c1ccccc1)C(C)(C)C. The maximum Gasteiger partial charge on any atom is 0.203 e. The summed E-state index contributed by atoms with van der Waals surface area (Å²) in [5.74, 6) is 0.532. The lowest BCUT2D eigenvalue weighted by molar-refractivity contribution is 0.0841. The molecule has 0 unspecified atom stereocenters. The topological polar surface area (TPSA) is 44.1 Å². The maximum atomic E-state index is 12.8. The quantitative estimate of drug-likeness (QED) is 0.383. The van der Waals surface area contributed by atoms with E-state index in [1.165, 1.54) is 9.79 Å². The summed E-state index contributed by atoms with van der Waals surface area (Å²) in [4.78, 5) is 19.5. The molecule has 1 aromatic heterocycles. The Balaban J connectivity index is 1.95. The van der Waals surface area contributed by atoms with Crippen LogP contribution in [0.25, 0.3) is 0 Å². The van der Waals surface area contributed by atoms with Crippen LogP contribution >= 0.6 is 10.3 Å². The molecule has 3 rings (SSSR count). The van der Waals surface area contributed by atoms with Crippen molar-refractivity contribution < 1.29 is 8.98 Å². The standard InChI is InChI=1S/C26H34N2O2S/c1-25(2,3)23(29)24-27-17-18-28(24)19-20-30-31(26(4,5)6,21-13-9-7-10-14-21)22-15-11-8-12-16-22/h7-18H,19-20H2,1-6H3. The Hall–Kier alpha value is -2.37. The monoisotopic (exact) mass is 438 g/mol. The smallest absolute Gasteiger partial charge is 0.203 e. The first-order valence-electron chi connectivity index (χ1n) is 10.7. The average molecular weight is 439 g/mol. The molecule has 1 heterocycles. The van der Waals surface area contributed by atoms with E-state index in [4.69, 9.17) is 4.18 Å². The van der Waals surface area contributed by atoms with E-state index in [-0.39, 0.29) is 10.5 Å². The largest absolute Gasteiger partial charge is 0.326 e. The van der Waals surface area contributed by atoms with Gasteiger partial charge in [-0.3, -0.25) is 4.79 Å². The lowest BCUT2D eigenvalue weighted by Gasteiger charge is -2.50. The Morgan fingerprint density at radius 3 is 1.87 bits per heavy atom. The number of benzene rings is 2. The van der Waals surface area contributed by atoms with Crippen LogP contribution in [0, 0.1) is 5.41 Å². The van der Waals surface area contributed by atoms with Crippen LogP contribution in [0.4, 0.5) is 0 Å². The van der Waals surface area contributed by atoms with Crippen LogP contribution < -0.4 is 0 Å². The van der Waals surface area contributed by atoms with Gasteiger partial charge in [-0.1, -0.05) is 67.5 Å². The van der Waals surface area contributed by atoms with Crippen molar-refractivity contribution >= 4 is 16.1 Å². The maximum absolute atomic E-state index is 12.8. The van der Waals surface area contributed by atoms with Gasteiger partial charge in [0.15, 0.2) is 5.82 Å². The third kappa shape index (κ3) is 4.78. The summed E-state index contributed by atoms with van der Waals surface area (Å²) < 4.78 is 8.67. The number of imidazole rings is 1. The van der Waals surface area contributed by atoms with Crippen LogP contribution in [0.2, 0.25) is 0 Å². The molecule has 3 aromatic rings. The second-order valence-corrected chi connectivity index (χ2v) is 13.2. The zero-order valence-electron chi connectivity index (χ0n) is 19.5. The van der Waals surface area contributed by atoms with Crippen molar-refractivity contribution in [2.24, 2.45) is 5.41 Å². The number of aromatic nitrogens is 2. The minimum atomic E-state index is -1.80. The van der Waals surface area contributed by atoms with Crippen LogP contribution in [-0.4, -0.2) is 26.7 Å². The normalized spacial score (nSPS) is 13.2. The van der Waals surface area contributed by atoms with Gasteiger partial charge in [-0.2, -0.15) is 0 Å². The van der Waals surface area contributed by atoms with E-state index in [0.717, 1.165) is 0 Å². The molecule has 0 saturated heterocycles. The van der Waals surface area contributed by atoms with E-state index in [0.29, 0.717) is 19.0 Å². The summed E-state index contributed by atoms with van der Waals surface area (Å²) >= 11 is 0. The predicted octanol–water partition coefficient (Wildman–Crippen LogP) is 6.76. The fourth-order valence-corrected chi connectivity index (χ4v) is 7.39. The summed E-state index contributed by atoms with van der Waals surface area (Å²) in [6, 6.07) is 21.0. The average Bonchev–Trinajstić information content (AvgIpc) is 3.18. The molecule has 0 bridgehead atoms. The zero-order chi connectivity index (χ0) is 22.7. The Morgan fingerprint density at radius 2 is 1.42 bits per heavy atom. The zero-order valence-corrected chi connectivity index (χ0v) is 20.3. The first-order valence-corrected chi connectivity index (χ1v) is 12.3. The van der Waals surface area contributed by atoms with Gasteiger partial charge in [0.25, 0.3) is 0 Å². The van der Waals surface area contributed by atoms with Crippen LogP contribution in [-0.2, 0) is 10.7 Å². The molecule has 0 fully saturated rings. The molecule has 166 valence electrons. The number of carbonyl (C=O) groups excluding carboxylic acids is 1. The number of carbonyl (C=O) groups is 1. The van der Waals surface area contributed by atoms with Crippen molar-refractivity contribution in [3.63, 3.8) is 0 Å².